The lowest BCUT2D eigenvalue weighted by Gasteiger charge is -2.26. The van der Waals surface area contributed by atoms with Crippen LogP contribution in [0, 0.1) is 5.82 Å². The maximum Gasteiger partial charge on any atom is 0.319 e. The van der Waals surface area contributed by atoms with E-state index in [2.05, 4.69) is 5.32 Å². The molecule has 2 rings (SSSR count). The summed E-state index contributed by atoms with van der Waals surface area (Å²) in [6.07, 6.45) is 0. The Morgan fingerprint density at radius 3 is 2.27 bits per heavy atom. The predicted octanol–water partition coefficient (Wildman–Crippen LogP) is 3.87. The van der Waals surface area contributed by atoms with Crippen molar-refractivity contribution >= 4 is 40.9 Å². The van der Waals surface area contributed by atoms with Gasteiger partial charge in [-0.1, -0.05) is 18.2 Å². The number of anilines is 2. The van der Waals surface area contributed by atoms with Crippen LogP contribution >= 0.6 is 11.8 Å². The summed E-state index contributed by atoms with van der Waals surface area (Å²) in [6.45, 7) is 4.99. The molecule has 0 aliphatic rings. The Labute approximate surface area is 179 Å². The molecule has 1 unspecified atom stereocenters. The summed E-state index contributed by atoms with van der Waals surface area (Å²) in [7, 11) is 0. The third-order valence-electron chi connectivity index (χ3n) is 4.08. The summed E-state index contributed by atoms with van der Waals surface area (Å²) in [6, 6.07) is 14.5. The van der Waals surface area contributed by atoms with E-state index in [1.165, 1.54) is 24.3 Å². The first-order chi connectivity index (χ1) is 14.3. The Bertz CT molecular complexity index is 859. The number of hydrogen-bond donors (Lipinski definition) is 1. The van der Waals surface area contributed by atoms with E-state index in [-0.39, 0.29) is 30.2 Å². The van der Waals surface area contributed by atoms with Crippen LogP contribution in [-0.2, 0) is 19.1 Å². The first kappa shape index (κ1) is 23.4. The van der Waals surface area contributed by atoms with Crippen molar-refractivity contribution in [2.75, 3.05) is 22.6 Å². The maximum atomic E-state index is 12.9. The minimum atomic E-state index is -0.624. The third kappa shape index (κ3) is 7.18. The smallest absolute Gasteiger partial charge is 0.319 e. The number of nitrogens with zero attached hydrogens (tertiary/aromatic N) is 1. The summed E-state index contributed by atoms with van der Waals surface area (Å²) in [5.74, 6) is -1.59. The zero-order chi connectivity index (χ0) is 22.1. The number of halogens is 1. The molecule has 2 aromatic rings. The van der Waals surface area contributed by atoms with Crippen molar-refractivity contribution in [2.24, 2.45) is 0 Å². The zero-order valence-electron chi connectivity index (χ0n) is 17.1. The SMILES string of the molecule is CC(SCC(=O)Nc1ccc(F)cc1)C(=O)OCC(=O)N(c1ccccc1)C(C)C. The standard InChI is InChI=1S/C22H25FN2O4S/c1-15(2)25(19-7-5-4-6-8-19)21(27)13-29-22(28)16(3)30-14-20(26)24-18-11-9-17(23)10-12-18/h4-12,15-16H,13-14H2,1-3H3,(H,24,26). The lowest BCUT2D eigenvalue weighted by molar-refractivity contribution is -0.147. The van der Waals surface area contributed by atoms with Gasteiger partial charge >= 0.3 is 5.97 Å². The average Bonchev–Trinajstić information content (AvgIpc) is 2.72. The second-order valence-corrected chi connectivity index (χ2v) is 8.14. The molecule has 0 aromatic heterocycles. The largest absolute Gasteiger partial charge is 0.455 e. The highest BCUT2D eigenvalue weighted by molar-refractivity contribution is 8.01. The van der Waals surface area contributed by atoms with Gasteiger partial charge in [0.25, 0.3) is 5.91 Å². The van der Waals surface area contributed by atoms with Gasteiger partial charge in [-0.15, -0.1) is 11.8 Å². The number of rotatable bonds is 9. The van der Waals surface area contributed by atoms with Gasteiger partial charge in [0.05, 0.1) is 5.75 Å². The molecule has 0 saturated heterocycles. The third-order valence-corrected chi connectivity index (χ3v) is 5.20. The number of esters is 1. The molecule has 8 heteroatoms. The number of hydrogen-bond acceptors (Lipinski definition) is 5. The van der Waals surface area contributed by atoms with E-state index in [0.717, 1.165) is 17.4 Å². The highest BCUT2D eigenvalue weighted by atomic mass is 32.2. The molecular weight excluding hydrogens is 407 g/mol. The Kier molecular flexibility index (Phi) is 8.86. The van der Waals surface area contributed by atoms with Gasteiger partial charge in [0.15, 0.2) is 6.61 Å². The highest BCUT2D eigenvalue weighted by Crippen LogP contribution is 2.18. The van der Waals surface area contributed by atoms with Gasteiger partial charge in [0.2, 0.25) is 5.91 Å². The fraction of sp³-hybridized carbons (Fsp3) is 0.318. The number of carbonyl (C=O) groups excluding carboxylic acids is 3. The van der Waals surface area contributed by atoms with Crippen LogP contribution in [0.1, 0.15) is 20.8 Å². The van der Waals surface area contributed by atoms with Crippen LogP contribution in [-0.4, -0.2) is 41.4 Å². The van der Waals surface area contributed by atoms with Gasteiger partial charge in [0, 0.05) is 17.4 Å². The van der Waals surface area contributed by atoms with Crippen LogP contribution < -0.4 is 10.2 Å². The molecule has 30 heavy (non-hydrogen) atoms. The van der Waals surface area contributed by atoms with Gasteiger partial charge in [-0.05, 0) is 57.2 Å². The molecule has 0 aliphatic heterocycles. The molecule has 0 spiro atoms. The average molecular weight is 433 g/mol. The van der Waals surface area contributed by atoms with Gasteiger partial charge in [-0.2, -0.15) is 0 Å². The predicted molar refractivity (Wildman–Crippen MR) is 117 cm³/mol. The molecule has 0 bridgehead atoms. The quantitative estimate of drug-likeness (QED) is 0.609. The van der Waals surface area contributed by atoms with Crippen molar-refractivity contribution in [2.45, 2.75) is 32.1 Å². The number of ether oxygens (including phenoxy) is 1. The molecule has 0 radical (unpaired) electrons. The van der Waals surface area contributed by atoms with Crippen molar-refractivity contribution in [3.05, 3.63) is 60.4 Å². The van der Waals surface area contributed by atoms with Crippen LogP contribution in [0.4, 0.5) is 15.8 Å². The van der Waals surface area contributed by atoms with Crippen molar-refractivity contribution in [3.63, 3.8) is 0 Å². The molecule has 0 fully saturated rings. The lowest BCUT2D eigenvalue weighted by Crippen LogP contribution is -2.40. The molecule has 6 nitrogen and oxygen atoms in total. The Morgan fingerprint density at radius 2 is 1.67 bits per heavy atom. The molecule has 160 valence electrons. The Balaban J connectivity index is 1.79. The molecule has 0 aliphatic carbocycles. The van der Waals surface area contributed by atoms with E-state index in [0.29, 0.717) is 5.69 Å². The fourth-order valence-electron chi connectivity index (χ4n) is 2.64. The van der Waals surface area contributed by atoms with Crippen molar-refractivity contribution in [3.8, 4) is 0 Å². The van der Waals surface area contributed by atoms with Crippen LogP contribution in [0.2, 0.25) is 0 Å². The Hall–Kier alpha value is -2.87. The molecule has 0 heterocycles. The lowest BCUT2D eigenvalue weighted by atomic mass is 10.2. The number of thioether (sulfide) groups is 1. The van der Waals surface area contributed by atoms with E-state index < -0.39 is 17.0 Å². The van der Waals surface area contributed by atoms with E-state index in [1.807, 2.05) is 44.2 Å². The highest BCUT2D eigenvalue weighted by Gasteiger charge is 2.23. The summed E-state index contributed by atoms with van der Waals surface area (Å²) in [5.41, 5.74) is 1.20. The first-order valence-electron chi connectivity index (χ1n) is 9.48. The minimum Gasteiger partial charge on any atom is -0.455 e. The second kappa shape index (κ2) is 11.3. The summed E-state index contributed by atoms with van der Waals surface area (Å²) in [5, 5.41) is 2.00. The maximum absolute atomic E-state index is 12.9. The van der Waals surface area contributed by atoms with Crippen LogP contribution in [0.25, 0.3) is 0 Å². The van der Waals surface area contributed by atoms with Crippen LogP contribution in [0.5, 0.6) is 0 Å². The van der Waals surface area contributed by atoms with E-state index in [9.17, 15) is 18.8 Å². The van der Waals surface area contributed by atoms with E-state index in [4.69, 9.17) is 4.74 Å². The molecule has 1 N–H and O–H groups in total. The number of carbonyl (C=O) groups is 3. The van der Waals surface area contributed by atoms with Gasteiger partial charge in [0.1, 0.15) is 11.1 Å². The second-order valence-electron chi connectivity index (χ2n) is 6.81. The summed E-state index contributed by atoms with van der Waals surface area (Å²) < 4.78 is 18.0. The van der Waals surface area contributed by atoms with Crippen molar-refractivity contribution < 1.29 is 23.5 Å². The van der Waals surface area contributed by atoms with Crippen LogP contribution in [0.15, 0.2) is 54.6 Å². The first-order valence-corrected chi connectivity index (χ1v) is 10.5. The molecule has 2 amide bonds. The van der Waals surface area contributed by atoms with E-state index in [1.54, 1.807) is 11.8 Å². The normalized spacial score (nSPS) is 11.6. The van der Waals surface area contributed by atoms with Crippen molar-refractivity contribution in [1.82, 2.24) is 0 Å². The monoisotopic (exact) mass is 432 g/mol. The van der Waals surface area contributed by atoms with Gasteiger partial charge < -0.3 is 15.0 Å². The number of para-hydroxylation sites is 1. The van der Waals surface area contributed by atoms with Crippen molar-refractivity contribution in [1.29, 1.82) is 0 Å². The summed E-state index contributed by atoms with van der Waals surface area (Å²) >= 11 is 1.09. The zero-order valence-corrected chi connectivity index (χ0v) is 17.9. The topological polar surface area (TPSA) is 75.7 Å². The molecular formula is C22H25FN2O4S. The summed E-state index contributed by atoms with van der Waals surface area (Å²) in [4.78, 5) is 38.3. The minimum absolute atomic E-state index is 0.0176. The number of benzene rings is 2. The molecule has 1 atom stereocenters. The fourth-order valence-corrected chi connectivity index (χ4v) is 3.32. The molecule has 2 aromatic carbocycles. The Morgan fingerprint density at radius 1 is 1.03 bits per heavy atom. The number of nitrogens with one attached hydrogen (secondary N) is 1. The van der Waals surface area contributed by atoms with Gasteiger partial charge in [-0.3, -0.25) is 14.4 Å². The number of amides is 2. The molecule has 0 saturated carbocycles. The van der Waals surface area contributed by atoms with Gasteiger partial charge in [-0.25, -0.2) is 4.39 Å². The van der Waals surface area contributed by atoms with Crippen LogP contribution in [0.3, 0.4) is 0 Å². The van der Waals surface area contributed by atoms with E-state index >= 15 is 0 Å².